The standard InChI is InChI=1S/C7H6O2.C4H10OSi/c8-7(9)6-4-2-1-3-5-6;1-2-4-6-5-3-1/h1-5H,(H,8,9);1-4,6H2. The maximum absolute atomic E-state index is 10.2. The molecule has 1 aliphatic heterocycles. The van der Waals surface area contributed by atoms with Crippen LogP contribution < -0.4 is 0 Å². The molecule has 0 amide bonds. The third-order valence-electron chi connectivity index (χ3n) is 2.10. The Morgan fingerprint density at radius 2 is 2.00 bits per heavy atom. The molecule has 0 radical (unpaired) electrons. The lowest BCUT2D eigenvalue weighted by atomic mass is 10.2. The van der Waals surface area contributed by atoms with Crippen LogP contribution in [0.2, 0.25) is 6.04 Å². The Hall–Kier alpha value is -1.13. The summed E-state index contributed by atoms with van der Waals surface area (Å²) in [6.45, 7) is 1.06. The van der Waals surface area contributed by atoms with E-state index in [2.05, 4.69) is 0 Å². The normalized spacial score (nSPS) is 16.5. The molecule has 15 heavy (non-hydrogen) atoms. The van der Waals surface area contributed by atoms with Crippen LogP contribution >= 0.6 is 0 Å². The minimum atomic E-state index is -0.879. The van der Waals surface area contributed by atoms with Gasteiger partial charge in [-0.15, -0.1) is 0 Å². The van der Waals surface area contributed by atoms with Gasteiger partial charge < -0.3 is 9.53 Å². The molecule has 0 bridgehead atoms. The van der Waals surface area contributed by atoms with Gasteiger partial charge in [-0.2, -0.15) is 0 Å². The van der Waals surface area contributed by atoms with Crippen molar-refractivity contribution in [1.29, 1.82) is 0 Å². The highest BCUT2D eigenvalue weighted by Gasteiger charge is 1.97. The molecule has 1 aliphatic rings. The van der Waals surface area contributed by atoms with Crippen LogP contribution in [0.3, 0.4) is 0 Å². The summed E-state index contributed by atoms with van der Waals surface area (Å²) in [4.78, 5) is 10.2. The predicted octanol–water partition coefficient (Wildman–Crippen LogP) is 1.68. The van der Waals surface area contributed by atoms with Crippen LogP contribution in [-0.4, -0.2) is 27.4 Å². The Labute approximate surface area is 92.0 Å². The van der Waals surface area contributed by atoms with Crippen LogP contribution in [-0.2, 0) is 4.43 Å². The van der Waals surface area contributed by atoms with Gasteiger partial charge in [0.1, 0.15) is 0 Å². The first kappa shape index (κ1) is 11.9. The molecule has 1 saturated heterocycles. The van der Waals surface area contributed by atoms with Gasteiger partial charge in [0.25, 0.3) is 0 Å². The molecule has 1 aromatic carbocycles. The summed E-state index contributed by atoms with van der Waals surface area (Å²) in [6.07, 6.45) is 2.75. The lowest BCUT2D eigenvalue weighted by Crippen LogP contribution is -2.06. The summed E-state index contributed by atoms with van der Waals surface area (Å²) in [5.41, 5.74) is 0.331. The monoisotopic (exact) mass is 224 g/mol. The quantitative estimate of drug-likeness (QED) is 0.738. The minimum Gasteiger partial charge on any atom is -0.478 e. The van der Waals surface area contributed by atoms with E-state index in [1.807, 2.05) is 0 Å². The van der Waals surface area contributed by atoms with Crippen molar-refractivity contribution in [1.82, 2.24) is 0 Å². The van der Waals surface area contributed by atoms with E-state index in [1.54, 1.807) is 30.3 Å². The number of benzene rings is 1. The molecule has 0 spiro atoms. The van der Waals surface area contributed by atoms with Crippen LogP contribution in [0, 0.1) is 0 Å². The maximum Gasteiger partial charge on any atom is 0.335 e. The Morgan fingerprint density at radius 1 is 1.27 bits per heavy atom. The van der Waals surface area contributed by atoms with E-state index in [1.165, 1.54) is 18.9 Å². The van der Waals surface area contributed by atoms with Crippen molar-refractivity contribution in [3.05, 3.63) is 35.9 Å². The van der Waals surface area contributed by atoms with Gasteiger partial charge in [0.05, 0.1) is 5.56 Å². The van der Waals surface area contributed by atoms with E-state index in [0.29, 0.717) is 5.56 Å². The average Bonchev–Trinajstić information content (AvgIpc) is 2.33. The van der Waals surface area contributed by atoms with Crippen molar-refractivity contribution in [2.24, 2.45) is 0 Å². The summed E-state index contributed by atoms with van der Waals surface area (Å²) in [6, 6.07) is 9.71. The van der Waals surface area contributed by atoms with E-state index in [9.17, 15) is 4.79 Å². The van der Waals surface area contributed by atoms with Crippen molar-refractivity contribution >= 4 is 15.7 Å². The van der Waals surface area contributed by atoms with Crippen molar-refractivity contribution in [3.63, 3.8) is 0 Å². The summed E-state index contributed by atoms with van der Waals surface area (Å²) in [5, 5.41) is 8.38. The van der Waals surface area contributed by atoms with Gasteiger partial charge in [0.15, 0.2) is 9.76 Å². The molecule has 4 heteroatoms. The van der Waals surface area contributed by atoms with Crippen LogP contribution in [0.5, 0.6) is 0 Å². The van der Waals surface area contributed by atoms with Crippen molar-refractivity contribution in [3.8, 4) is 0 Å². The van der Waals surface area contributed by atoms with Gasteiger partial charge in [0.2, 0.25) is 0 Å². The molecule has 1 N–H and O–H groups in total. The van der Waals surface area contributed by atoms with E-state index in [0.717, 1.165) is 6.61 Å². The lowest BCUT2D eigenvalue weighted by Gasteiger charge is -2.07. The Bertz CT molecular complexity index is 272. The number of carboxylic acids is 1. The van der Waals surface area contributed by atoms with Crippen molar-refractivity contribution in [2.45, 2.75) is 18.9 Å². The molecule has 0 saturated carbocycles. The minimum absolute atomic E-state index is 0.00849. The van der Waals surface area contributed by atoms with E-state index >= 15 is 0 Å². The van der Waals surface area contributed by atoms with E-state index < -0.39 is 5.97 Å². The largest absolute Gasteiger partial charge is 0.478 e. The third kappa shape index (κ3) is 5.34. The van der Waals surface area contributed by atoms with Gasteiger partial charge >= 0.3 is 5.97 Å². The Kier molecular flexibility index (Phi) is 5.73. The molecule has 2 rings (SSSR count). The zero-order valence-electron chi connectivity index (χ0n) is 8.69. The number of rotatable bonds is 1. The molecule has 1 fully saturated rings. The Balaban J connectivity index is 0.000000162. The predicted molar refractivity (Wildman–Crippen MR) is 61.9 cm³/mol. The van der Waals surface area contributed by atoms with Gasteiger partial charge in [-0.05, 0) is 24.6 Å². The van der Waals surface area contributed by atoms with Gasteiger partial charge in [-0.3, -0.25) is 0 Å². The molecular weight excluding hydrogens is 208 g/mol. The highest BCUT2D eigenvalue weighted by atomic mass is 28.2. The third-order valence-corrected chi connectivity index (χ3v) is 3.46. The molecule has 1 heterocycles. The first-order valence-corrected chi connectivity index (χ1v) is 6.74. The fourth-order valence-corrected chi connectivity index (χ4v) is 2.44. The summed E-state index contributed by atoms with van der Waals surface area (Å²) < 4.78 is 5.21. The number of hydrogen-bond donors (Lipinski definition) is 1. The lowest BCUT2D eigenvalue weighted by molar-refractivity contribution is 0.0697. The van der Waals surface area contributed by atoms with E-state index in [-0.39, 0.29) is 9.76 Å². The van der Waals surface area contributed by atoms with Gasteiger partial charge in [0, 0.05) is 6.61 Å². The molecule has 0 aliphatic carbocycles. The first-order chi connectivity index (χ1) is 7.30. The number of hydrogen-bond acceptors (Lipinski definition) is 2. The van der Waals surface area contributed by atoms with E-state index in [4.69, 9.17) is 9.53 Å². The zero-order chi connectivity index (χ0) is 10.9. The Morgan fingerprint density at radius 3 is 2.27 bits per heavy atom. The van der Waals surface area contributed by atoms with Crippen LogP contribution in [0.25, 0.3) is 0 Å². The molecule has 82 valence electrons. The van der Waals surface area contributed by atoms with Crippen LogP contribution in [0.4, 0.5) is 0 Å². The fourth-order valence-electron chi connectivity index (χ4n) is 1.27. The smallest absolute Gasteiger partial charge is 0.335 e. The van der Waals surface area contributed by atoms with Crippen LogP contribution in [0.1, 0.15) is 23.2 Å². The SMILES string of the molecule is C1CC[SiH2]OC1.O=C(O)c1ccccc1. The maximum atomic E-state index is 10.2. The molecule has 0 atom stereocenters. The second-order valence-electron chi connectivity index (χ2n) is 3.34. The molecule has 0 unspecified atom stereocenters. The second kappa shape index (κ2) is 7.20. The number of aromatic carboxylic acids is 1. The van der Waals surface area contributed by atoms with Crippen molar-refractivity contribution in [2.75, 3.05) is 6.61 Å². The number of carbonyl (C=O) groups is 1. The molecule has 3 nitrogen and oxygen atoms in total. The van der Waals surface area contributed by atoms with Crippen LogP contribution in [0.15, 0.2) is 30.3 Å². The van der Waals surface area contributed by atoms with Crippen molar-refractivity contribution < 1.29 is 14.3 Å². The highest BCUT2D eigenvalue weighted by molar-refractivity contribution is 6.27. The average molecular weight is 224 g/mol. The van der Waals surface area contributed by atoms with Gasteiger partial charge in [-0.25, -0.2) is 4.79 Å². The molecular formula is C11H16O3Si. The fraction of sp³-hybridized carbons (Fsp3) is 0.364. The summed E-state index contributed by atoms with van der Waals surface area (Å²) in [7, 11) is 0.00849. The zero-order valence-corrected chi connectivity index (χ0v) is 10.1. The second-order valence-corrected chi connectivity index (χ2v) is 4.87. The molecule has 0 aromatic heterocycles. The highest BCUT2D eigenvalue weighted by Crippen LogP contribution is 2.01. The summed E-state index contributed by atoms with van der Waals surface area (Å²) in [5.74, 6) is -0.879. The van der Waals surface area contributed by atoms with Gasteiger partial charge in [-0.1, -0.05) is 24.6 Å². The number of carboxylic acid groups (broad SMARTS) is 1. The molecule has 1 aromatic rings. The first-order valence-electron chi connectivity index (χ1n) is 5.17. The topological polar surface area (TPSA) is 46.5 Å². The summed E-state index contributed by atoms with van der Waals surface area (Å²) >= 11 is 0.